The fourth-order valence-corrected chi connectivity index (χ4v) is 3.39. The van der Waals surface area contributed by atoms with E-state index in [1.165, 1.54) is 0 Å². The molecule has 27 heavy (non-hydrogen) atoms. The summed E-state index contributed by atoms with van der Waals surface area (Å²) < 4.78 is 10.5. The van der Waals surface area contributed by atoms with E-state index < -0.39 is 6.04 Å². The summed E-state index contributed by atoms with van der Waals surface area (Å²) in [5.41, 5.74) is 2.03. The highest BCUT2D eigenvalue weighted by Gasteiger charge is 2.37. The van der Waals surface area contributed by atoms with Gasteiger partial charge < -0.3 is 20.1 Å². The summed E-state index contributed by atoms with van der Waals surface area (Å²) in [5.74, 6) is 0.942. The van der Waals surface area contributed by atoms with Crippen molar-refractivity contribution in [2.75, 3.05) is 20.8 Å². The molecule has 0 aliphatic carbocycles. The number of carbonyl (C=O) groups is 2. The molecule has 2 N–H and O–H groups in total. The number of carbonyl (C=O) groups excluding carboxylic acids is 2. The summed E-state index contributed by atoms with van der Waals surface area (Å²) in [6.07, 6.45) is 0.987. The third-order valence-corrected chi connectivity index (χ3v) is 4.80. The van der Waals surface area contributed by atoms with Gasteiger partial charge in [-0.05, 0) is 29.7 Å². The molecule has 6 nitrogen and oxygen atoms in total. The van der Waals surface area contributed by atoms with Gasteiger partial charge in [-0.2, -0.15) is 0 Å². The van der Waals surface area contributed by atoms with Crippen molar-refractivity contribution in [3.63, 3.8) is 0 Å². The van der Waals surface area contributed by atoms with Crippen LogP contribution in [0.15, 0.2) is 48.5 Å². The van der Waals surface area contributed by atoms with Crippen LogP contribution in [0.4, 0.5) is 0 Å². The Hall–Kier alpha value is -3.02. The van der Waals surface area contributed by atoms with Crippen LogP contribution in [0.25, 0.3) is 0 Å². The normalized spacial score (nSPS) is 18.7. The molecule has 1 aliphatic heterocycles. The molecule has 3 rings (SSSR count). The van der Waals surface area contributed by atoms with Crippen LogP contribution < -0.4 is 20.1 Å². The topological polar surface area (TPSA) is 76.7 Å². The van der Waals surface area contributed by atoms with Crippen LogP contribution in [-0.2, 0) is 16.0 Å². The van der Waals surface area contributed by atoms with Gasteiger partial charge in [0.25, 0.3) is 0 Å². The molecule has 0 aromatic heterocycles. The minimum atomic E-state index is -0.537. The first-order valence-electron chi connectivity index (χ1n) is 8.95. The second-order valence-electron chi connectivity index (χ2n) is 6.50. The average Bonchev–Trinajstić information content (AvgIpc) is 3.10. The van der Waals surface area contributed by atoms with Crippen LogP contribution in [0.5, 0.6) is 11.5 Å². The first-order chi connectivity index (χ1) is 13.1. The number of hydrogen-bond donors (Lipinski definition) is 2. The minimum Gasteiger partial charge on any atom is -0.493 e. The molecular formula is C21H24N2O4. The van der Waals surface area contributed by atoms with Crippen LogP contribution in [0.3, 0.4) is 0 Å². The molecule has 2 atom stereocenters. The number of ether oxygens (including phenoxy) is 2. The summed E-state index contributed by atoms with van der Waals surface area (Å²) >= 11 is 0. The zero-order valence-electron chi connectivity index (χ0n) is 15.5. The molecule has 2 aromatic rings. The van der Waals surface area contributed by atoms with Crippen LogP contribution >= 0.6 is 0 Å². The lowest BCUT2D eigenvalue weighted by Gasteiger charge is -2.19. The predicted molar refractivity (Wildman–Crippen MR) is 102 cm³/mol. The van der Waals surface area contributed by atoms with Gasteiger partial charge >= 0.3 is 0 Å². The Labute approximate surface area is 158 Å². The van der Waals surface area contributed by atoms with E-state index in [9.17, 15) is 9.59 Å². The lowest BCUT2D eigenvalue weighted by atomic mass is 9.91. The van der Waals surface area contributed by atoms with Gasteiger partial charge in [-0.15, -0.1) is 0 Å². The maximum Gasteiger partial charge on any atom is 0.243 e. The van der Waals surface area contributed by atoms with Crippen molar-refractivity contribution in [1.82, 2.24) is 10.6 Å². The highest BCUT2D eigenvalue weighted by Crippen LogP contribution is 2.29. The first kappa shape index (κ1) is 18.8. The van der Waals surface area contributed by atoms with Crippen LogP contribution in [0.1, 0.15) is 23.5 Å². The van der Waals surface area contributed by atoms with Gasteiger partial charge in [0.2, 0.25) is 11.8 Å². The first-order valence-corrected chi connectivity index (χ1v) is 8.95. The van der Waals surface area contributed by atoms with Crippen molar-refractivity contribution in [2.45, 2.75) is 24.8 Å². The summed E-state index contributed by atoms with van der Waals surface area (Å²) in [6, 6.07) is 14.8. The molecule has 0 bridgehead atoms. The van der Waals surface area contributed by atoms with Crippen LogP contribution in [0.2, 0.25) is 0 Å². The zero-order chi connectivity index (χ0) is 19.2. The van der Waals surface area contributed by atoms with Gasteiger partial charge in [0, 0.05) is 18.9 Å². The summed E-state index contributed by atoms with van der Waals surface area (Å²) in [5, 5.41) is 5.73. The number of amides is 2. The van der Waals surface area contributed by atoms with E-state index in [4.69, 9.17) is 9.47 Å². The van der Waals surface area contributed by atoms with Gasteiger partial charge in [-0.25, -0.2) is 0 Å². The molecule has 0 saturated carbocycles. The largest absolute Gasteiger partial charge is 0.493 e. The van der Waals surface area contributed by atoms with Crippen molar-refractivity contribution < 1.29 is 19.1 Å². The smallest absolute Gasteiger partial charge is 0.243 e. The third-order valence-electron chi connectivity index (χ3n) is 4.80. The highest BCUT2D eigenvalue weighted by molar-refractivity contribution is 5.92. The molecule has 6 heteroatoms. The summed E-state index contributed by atoms with van der Waals surface area (Å²) in [6.45, 7) is 0.474. The average molecular weight is 368 g/mol. The Morgan fingerprint density at radius 2 is 1.85 bits per heavy atom. The van der Waals surface area contributed by atoms with Crippen molar-refractivity contribution in [3.05, 3.63) is 59.7 Å². The van der Waals surface area contributed by atoms with Gasteiger partial charge in [-0.1, -0.05) is 36.4 Å². The molecule has 142 valence electrons. The Kier molecular flexibility index (Phi) is 5.96. The monoisotopic (exact) mass is 368 g/mol. The Balaban J connectivity index is 1.59. The molecule has 0 radical (unpaired) electrons. The predicted octanol–water partition coefficient (Wildman–Crippen LogP) is 2.03. The summed E-state index contributed by atoms with van der Waals surface area (Å²) in [4.78, 5) is 24.5. The maximum absolute atomic E-state index is 12.6. The van der Waals surface area contributed by atoms with Crippen molar-refractivity contribution in [1.29, 1.82) is 0 Å². The molecule has 1 heterocycles. The minimum absolute atomic E-state index is 0.0936. The fraction of sp³-hybridized carbons (Fsp3) is 0.333. The lowest BCUT2D eigenvalue weighted by molar-refractivity contribution is -0.125. The zero-order valence-corrected chi connectivity index (χ0v) is 15.5. The lowest BCUT2D eigenvalue weighted by Crippen LogP contribution is -2.44. The van der Waals surface area contributed by atoms with Gasteiger partial charge in [0.15, 0.2) is 11.5 Å². The SMILES string of the molecule is COc1ccc(CCNC(=O)C2NC(=O)CC2c2ccccc2)cc1OC. The number of hydrogen-bond acceptors (Lipinski definition) is 4. The van der Waals surface area contributed by atoms with Gasteiger partial charge in [0.1, 0.15) is 6.04 Å². The van der Waals surface area contributed by atoms with E-state index in [0.717, 1.165) is 11.1 Å². The Morgan fingerprint density at radius 3 is 2.56 bits per heavy atom. The molecule has 1 saturated heterocycles. The Bertz CT molecular complexity index is 807. The number of methoxy groups -OCH3 is 2. The van der Waals surface area contributed by atoms with Gasteiger partial charge in [-0.3, -0.25) is 9.59 Å². The van der Waals surface area contributed by atoms with E-state index in [2.05, 4.69) is 10.6 Å². The Morgan fingerprint density at radius 1 is 1.11 bits per heavy atom. The number of nitrogens with one attached hydrogen (secondary N) is 2. The number of rotatable bonds is 7. The van der Waals surface area contributed by atoms with Crippen molar-refractivity contribution in [3.8, 4) is 11.5 Å². The quantitative estimate of drug-likeness (QED) is 0.784. The molecule has 1 fully saturated rings. The third kappa shape index (κ3) is 4.39. The van der Waals surface area contributed by atoms with Crippen molar-refractivity contribution >= 4 is 11.8 Å². The molecule has 2 unspecified atom stereocenters. The van der Waals surface area contributed by atoms with Crippen LogP contribution in [-0.4, -0.2) is 38.6 Å². The molecule has 2 amide bonds. The maximum atomic E-state index is 12.6. The summed E-state index contributed by atoms with van der Waals surface area (Å²) in [7, 11) is 3.19. The van der Waals surface area contributed by atoms with E-state index in [1.807, 2.05) is 48.5 Å². The number of benzene rings is 2. The van der Waals surface area contributed by atoms with E-state index in [-0.39, 0.29) is 17.7 Å². The molecule has 1 aliphatic rings. The van der Waals surface area contributed by atoms with E-state index in [0.29, 0.717) is 30.9 Å². The second-order valence-corrected chi connectivity index (χ2v) is 6.50. The van der Waals surface area contributed by atoms with Crippen molar-refractivity contribution in [2.24, 2.45) is 0 Å². The molecule has 0 spiro atoms. The van der Waals surface area contributed by atoms with Gasteiger partial charge in [0.05, 0.1) is 14.2 Å². The standard InChI is InChI=1S/C21H24N2O4/c1-26-17-9-8-14(12-18(17)27-2)10-11-22-21(25)20-16(13-19(24)23-20)15-6-4-3-5-7-15/h3-9,12,16,20H,10-11,13H2,1-2H3,(H,22,25)(H,23,24). The van der Waals surface area contributed by atoms with E-state index >= 15 is 0 Å². The van der Waals surface area contributed by atoms with E-state index in [1.54, 1.807) is 14.2 Å². The molecular weight excluding hydrogens is 344 g/mol. The molecule has 2 aromatic carbocycles. The van der Waals surface area contributed by atoms with Crippen LogP contribution in [0, 0.1) is 0 Å². The highest BCUT2D eigenvalue weighted by atomic mass is 16.5. The fourth-order valence-electron chi connectivity index (χ4n) is 3.39. The second kappa shape index (κ2) is 8.58.